The number of hydrogen-bond donors (Lipinski definition) is 2. The first-order chi connectivity index (χ1) is 7.87. The third kappa shape index (κ3) is 2.88. The highest BCUT2D eigenvalue weighted by Gasteiger charge is 2.47. The van der Waals surface area contributed by atoms with Crippen LogP contribution in [0.2, 0.25) is 0 Å². The van der Waals surface area contributed by atoms with E-state index in [9.17, 15) is 4.79 Å². The second-order valence-electron chi connectivity index (χ2n) is 5.51. The topological polar surface area (TPSA) is 82.8 Å². The maximum atomic E-state index is 11.6. The second kappa shape index (κ2) is 4.44. The molecule has 2 aliphatic heterocycles. The van der Waals surface area contributed by atoms with Crippen molar-refractivity contribution < 1.29 is 19.0 Å². The van der Waals surface area contributed by atoms with E-state index in [1.165, 1.54) is 0 Å². The number of nitrogens with two attached hydrogens (primary N) is 1. The molecular weight excluding hydrogens is 224 g/mol. The molecule has 3 N–H and O–H groups in total. The summed E-state index contributed by atoms with van der Waals surface area (Å²) in [6.07, 6.45) is -0.719. The molecule has 2 saturated heterocycles. The van der Waals surface area contributed by atoms with Gasteiger partial charge in [0, 0.05) is 0 Å². The Morgan fingerprint density at radius 1 is 1.29 bits per heavy atom. The van der Waals surface area contributed by atoms with Gasteiger partial charge in [0.05, 0.1) is 25.3 Å². The SMILES string of the molecule is CC(C)(C)OC(=O)NC1COC2C(N)COC12. The Morgan fingerprint density at radius 2 is 1.94 bits per heavy atom. The molecule has 1 amide bonds. The van der Waals surface area contributed by atoms with Crippen LogP contribution in [0.1, 0.15) is 20.8 Å². The molecule has 4 unspecified atom stereocenters. The fourth-order valence-electron chi connectivity index (χ4n) is 2.11. The van der Waals surface area contributed by atoms with Gasteiger partial charge in [0.2, 0.25) is 0 Å². The molecule has 0 bridgehead atoms. The summed E-state index contributed by atoms with van der Waals surface area (Å²) in [5.41, 5.74) is 5.32. The minimum Gasteiger partial charge on any atom is -0.444 e. The van der Waals surface area contributed by atoms with Crippen LogP contribution in [0.25, 0.3) is 0 Å². The molecule has 0 aromatic carbocycles. The molecule has 0 saturated carbocycles. The van der Waals surface area contributed by atoms with E-state index in [0.29, 0.717) is 13.2 Å². The first-order valence-corrected chi connectivity index (χ1v) is 5.85. The molecule has 2 fully saturated rings. The van der Waals surface area contributed by atoms with Gasteiger partial charge in [-0.3, -0.25) is 0 Å². The van der Waals surface area contributed by atoms with Gasteiger partial charge in [0.1, 0.15) is 17.8 Å². The van der Waals surface area contributed by atoms with Crippen molar-refractivity contribution in [3.05, 3.63) is 0 Å². The summed E-state index contributed by atoms with van der Waals surface area (Å²) in [4.78, 5) is 11.6. The van der Waals surface area contributed by atoms with Crippen molar-refractivity contribution in [2.24, 2.45) is 5.73 Å². The van der Waals surface area contributed by atoms with Crippen LogP contribution in [-0.4, -0.2) is 49.2 Å². The number of amides is 1. The molecule has 2 aliphatic rings. The molecule has 17 heavy (non-hydrogen) atoms. The van der Waals surface area contributed by atoms with Crippen LogP contribution >= 0.6 is 0 Å². The fourth-order valence-corrected chi connectivity index (χ4v) is 2.11. The summed E-state index contributed by atoms with van der Waals surface area (Å²) < 4.78 is 16.2. The summed E-state index contributed by atoms with van der Waals surface area (Å²) in [5, 5.41) is 2.76. The van der Waals surface area contributed by atoms with Gasteiger partial charge in [-0.1, -0.05) is 0 Å². The maximum Gasteiger partial charge on any atom is 0.408 e. The van der Waals surface area contributed by atoms with Crippen LogP contribution in [0.5, 0.6) is 0 Å². The zero-order chi connectivity index (χ0) is 12.6. The monoisotopic (exact) mass is 244 g/mol. The number of ether oxygens (including phenoxy) is 3. The van der Waals surface area contributed by atoms with Gasteiger partial charge in [0.15, 0.2) is 0 Å². The van der Waals surface area contributed by atoms with Gasteiger partial charge in [0.25, 0.3) is 0 Å². The van der Waals surface area contributed by atoms with Gasteiger partial charge in [-0.2, -0.15) is 0 Å². The van der Waals surface area contributed by atoms with E-state index in [2.05, 4.69) is 5.32 Å². The molecule has 98 valence electrons. The number of carbonyl (C=O) groups is 1. The number of fused-ring (bicyclic) bond motifs is 1. The van der Waals surface area contributed by atoms with Crippen LogP contribution in [0.3, 0.4) is 0 Å². The number of nitrogens with one attached hydrogen (secondary N) is 1. The van der Waals surface area contributed by atoms with Gasteiger partial charge in [-0.15, -0.1) is 0 Å². The molecule has 0 aromatic rings. The smallest absolute Gasteiger partial charge is 0.408 e. The highest BCUT2D eigenvalue weighted by molar-refractivity contribution is 5.68. The van der Waals surface area contributed by atoms with Crippen LogP contribution in [-0.2, 0) is 14.2 Å². The lowest BCUT2D eigenvalue weighted by atomic mass is 10.1. The normalized spacial score (nSPS) is 36.7. The zero-order valence-corrected chi connectivity index (χ0v) is 10.4. The second-order valence-corrected chi connectivity index (χ2v) is 5.51. The predicted octanol–water partition coefficient (Wildman–Crippen LogP) is 0.00460. The highest BCUT2D eigenvalue weighted by Crippen LogP contribution is 2.26. The molecule has 4 atom stereocenters. The van der Waals surface area contributed by atoms with Crippen molar-refractivity contribution in [3.63, 3.8) is 0 Å². The molecule has 6 nitrogen and oxygen atoms in total. The van der Waals surface area contributed by atoms with Gasteiger partial charge < -0.3 is 25.3 Å². The van der Waals surface area contributed by atoms with Crippen molar-refractivity contribution in [3.8, 4) is 0 Å². The molecule has 0 aromatic heterocycles. The molecule has 0 aliphatic carbocycles. The van der Waals surface area contributed by atoms with E-state index in [1.54, 1.807) is 0 Å². The van der Waals surface area contributed by atoms with Crippen molar-refractivity contribution in [2.75, 3.05) is 13.2 Å². The fraction of sp³-hybridized carbons (Fsp3) is 0.909. The summed E-state index contributed by atoms with van der Waals surface area (Å²) in [5.74, 6) is 0. The van der Waals surface area contributed by atoms with Crippen molar-refractivity contribution in [1.29, 1.82) is 0 Å². The van der Waals surface area contributed by atoms with Gasteiger partial charge >= 0.3 is 6.09 Å². The lowest BCUT2D eigenvalue weighted by molar-refractivity contribution is 0.0406. The molecular formula is C11H20N2O4. The third-order valence-electron chi connectivity index (χ3n) is 2.79. The van der Waals surface area contributed by atoms with E-state index in [4.69, 9.17) is 19.9 Å². The Hall–Kier alpha value is -0.850. The first kappa shape index (κ1) is 12.6. The molecule has 0 spiro atoms. The van der Waals surface area contributed by atoms with Crippen molar-refractivity contribution in [1.82, 2.24) is 5.32 Å². The van der Waals surface area contributed by atoms with Crippen LogP contribution < -0.4 is 11.1 Å². The van der Waals surface area contributed by atoms with Crippen LogP contribution in [0.15, 0.2) is 0 Å². The Balaban J connectivity index is 1.86. The maximum absolute atomic E-state index is 11.6. The standard InChI is InChI=1S/C11H20N2O4/c1-11(2,3)17-10(14)13-7-5-16-8-6(12)4-15-9(7)8/h6-9H,4-5,12H2,1-3H3,(H,13,14). The highest BCUT2D eigenvalue weighted by atomic mass is 16.6. The Morgan fingerprint density at radius 3 is 2.59 bits per heavy atom. The molecule has 2 rings (SSSR count). The molecule has 2 heterocycles. The number of hydrogen-bond acceptors (Lipinski definition) is 5. The number of alkyl carbamates (subject to hydrolysis) is 1. The largest absolute Gasteiger partial charge is 0.444 e. The minimum atomic E-state index is -0.504. The lowest BCUT2D eigenvalue weighted by Crippen LogP contribution is -2.46. The Labute approximate surface area is 101 Å². The lowest BCUT2D eigenvalue weighted by Gasteiger charge is -2.23. The van der Waals surface area contributed by atoms with E-state index >= 15 is 0 Å². The van der Waals surface area contributed by atoms with E-state index in [-0.39, 0.29) is 24.3 Å². The van der Waals surface area contributed by atoms with E-state index in [1.807, 2.05) is 20.8 Å². The molecule has 0 radical (unpaired) electrons. The summed E-state index contributed by atoms with van der Waals surface area (Å²) >= 11 is 0. The van der Waals surface area contributed by atoms with Crippen molar-refractivity contribution in [2.45, 2.75) is 50.7 Å². The quantitative estimate of drug-likeness (QED) is 0.678. The zero-order valence-electron chi connectivity index (χ0n) is 10.4. The van der Waals surface area contributed by atoms with Crippen LogP contribution in [0, 0.1) is 0 Å². The third-order valence-corrected chi connectivity index (χ3v) is 2.79. The van der Waals surface area contributed by atoms with Crippen LogP contribution in [0.4, 0.5) is 4.79 Å². The summed E-state index contributed by atoms with van der Waals surface area (Å²) in [6.45, 7) is 6.36. The van der Waals surface area contributed by atoms with E-state index < -0.39 is 11.7 Å². The average molecular weight is 244 g/mol. The van der Waals surface area contributed by atoms with Crippen molar-refractivity contribution >= 4 is 6.09 Å². The van der Waals surface area contributed by atoms with Gasteiger partial charge in [-0.05, 0) is 20.8 Å². The van der Waals surface area contributed by atoms with Gasteiger partial charge in [-0.25, -0.2) is 4.79 Å². The summed E-state index contributed by atoms with van der Waals surface area (Å²) in [7, 11) is 0. The Bertz CT molecular complexity index is 302. The first-order valence-electron chi connectivity index (χ1n) is 5.85. The number of rotatable bonds is 1. The number of carbonyl (C=O) groups excluding carboxylic acids is 1. The predicted molar refractivity (Wildman–Crippen MR) is 60.6 cm³/mol. The summed E-state index contributed by atoms with van der Waals surface area (Å²) in [6, 6.07) is -0.283. The average Bonchev–Trinajstić information content (AvgIpc) is 2.69. The van der Waals surface area contributed by atoms with E-state index in [0.717, 1.165) is 0 Å². The Kier molecular flexibility index (Phi) is 3.29. The minimum absolute atomic E-state index is 0.106. The molecule has 6 heteroatoms.